The molecule has 6 heteroatoms. The highest BCUT2D eigenvalue weighted by atomic mass is 79.9. The van der Waals surface area contributed by atoms with Crippen LogP contribution in [0.5, 0.6) is 0 Å². The molecule has 0 aliphatic heterocycles. The van der Waals surface area contributed by atoms with Crippen LogP contribution in [0.1, 0.15) is 0 Å². The van der Waals surface area contributed by atoms with Gasteiger partial charge in [-0.1, -0.05) is 0 Å². The van der Waals surface area contributed by atoms with Crippen molar-refractivity contribution >= 4 is 21.6 Å². The summed E-state index contributed by atoms with van der Waals surface area (Å²) >= 11 is 2.73. The van der Waals surface area contributed by atoms with E-state index in [2.05, 4.69) is 15.9 Å². The van der Waals surface area contributed by atoms with Gasteiger partial charge in [0.2, 0.25) is 5.82 Å². The van der Waals surface area contributed by atoms with E-state index in [1.54, 1.807) is 0 Å². The molecule has 0 aliphatic rings. The molecule has 0 unspecified atom stereocenters. The molecule has 0 saturated heterocycles. The Morgan fingerprint density at radius 2 is 2.00 bits per heavy atom. The molecule has 0 radical (unpaired) electrons. The predicted molar refractivity (Wildman–Crippen MR) is 40.7 cm³/mol. The zero-order chi connectivity index (χ0) is 9.30. The van der Waals surface area contributed by atoms with E-state index in [4.69, 9.17) is 0 Å². The maximum Gasteiger partial charge on any atom is 0.321 e. The first-order valence-electron chi connectivity index (χ1n) is 2.82. The Hall–Kier alpha value is -1.04. The standard InChI is InChI=1S/C6H2BrF2NO2/c7-3-1-2-4(8)5(9)6(3)10(11)12/h1-2H. The third kappa shape index (κ3) is 1.42. The molecule has 12 heavy (non-hydrogen) atoms. The lowest BCUT2D eigenvalue weighted by atomic mass is 10.3. The molecule has 1 rings (SSSR count). The minimum atomic E-state index is -1.45. The molecule has 0 spiro atoms. The fourth-order valence-electron chi connectivity index (χ4n) is 0.684. The summed E-state index contributed by atoms with van der Waals surface area (Å²) in [6.45, 7) is 0. The van der Waals surface area contributed by atoms with Crippen molar-refractivity contribution in [3.05, 3.63) is 38.4 Å². The Labute approximate surface area is 74.3 Å². The molecule has 0 saturated carbocycles. The average molecular weight is 238 g/mol. The van der Waals surface area contributed by atoms with Crippen molar-refractivity contribution in [3.8, 4) is 0 Å². The van der Waals surface area contributed by atoms with Gasteiger partial charge in [-0.15, -0.1) is 0 Å². The summed E-state index contributed by atoms with van der Waals surface area (Å²) in [7, 11) is 0. The van der Waals surface area contributed by atoms with E-state index in [1.807, 2.05) is 0 Å². The molecular formula is C6H2BrF2NO2. The van der Waals surface area contributed by atoms with Gasteiger partial charge < -0.3 is 0 Å². The van der Waals surface area contributed by atoms with Gasteiger partial charge in [0.25, 0.3) is 0 Å². The SMILES string of the molecule is O=[N+]([O-])c1c(Br)ccc(F)c1F. The Balaban J connectivity index is 3.43. The van der Waals surface area contributed by atoms with Crippen LogP contribution in [0.25, 0.3) is 0 Å². The van der Waals surface area contributed by atoms with E-state index >= 15 is 0 Å². The lowest BCUT2D eigenvalue weighted by Gasteiger charge is -1.96. The highest BCUT2D eigenvalue weighted by molar-refractivity contribution is 9.10. The summed E-state index contributed by atoms with van der Waals surface area (Å²) in [5, 5.41) is 10.2. The highest BCUT2D eigenvalue weighted by Crippen LogP contribution is 2.28. The number of nitro groups is 1. The summed E-state index contributed by atoms with van der Waals surface area (Å²) in [4.78, 5) is 9.18. The molecule has 0 aliphatic carbocycles. The zero-order valence-electron chi connectivity index (χ0n) is 5.55. The first-order chi connectivity index (χ1) is 5.54. The number of hydrogen-bond acceptors (Lipinski definition) is 2. The molecule has 1 aromatic rings. The smallest absolute Gasteiger partial charge is 0.258 e. The molecule has 0 heterocycles. The predicted octanol–water partition coefficient (Wildman–Crippen LogP) is 2.64. The van der Waals surface area contributed by atoms with Gasteiger partial charge in [0.15, 0.2) is 5.82 Å². The second kappa shape index (κ2) is 3.14. The van der Waals surface area contributed by atoms with Crippen LogP contribution in [0, 0.1) is 21.7 Å². The number of halogens is 3. The molecule has 3 nitrogen and oxygen atoms in total. The van der Waals surface area contributed by atoms with Crippen LogP contribution in [-0.4, -0.2) is 4.92 Å². The number of rotatable bonds is 1. The fraction of sp³-hybridized carbons (Fsp3) is 0. The normalized spacial score (nSPS) is 9.92. The molecule has 0 fully saturated rings. The molecule has 0 N–H and O–H groups in total. The van der Waals surface area contributed by atoms with Crippen LogP contribution in [0.2, 0.25) is 0 Å². The van der Waals surface area contributed by atoms with Gasteiger partial charge >= 0.3 is 5.69 Å². The van der Waals surface area contributed by atoms with Crippen LogP contribution < -0.4 is 0 Å². The van der Waals surface area contributed by atoms with E-state index in [-0.39, 0.29) is 4.47 Å². The molecule has 64 valence electrons. The van der Waals surface area contributed by atoms with Crippen LogP contribution in [0.15, 0.2) is 16.6 Å². The van der Waals surface area contributed by atoms with Crippen molar-refractivity contribution < 1.29 is 13.7 Å². The second-order valence-electron chi connectivity index (χ2n) is 1.95. The number of nitro benzene ring substituents is 1. The molecule has 0 atom stereocenters. The lowest BCUT2D eigenvalue weighted by Crippen LogP contribution is -1.96. The van der Waals surface area contributed by atoms with Crippen molar-refractivity contribution in [2.75, 3.05) is 0 Å². The average Bonchev–Trinajstić information content (AvgIpc) is 1.97. The van der Waals surface area contributed by atoms with Crippen molar-refractivity contribution in [3.63, 3.8) is 0 Å². The third-order valence-electron chi connectivity index (χ3n) is 1.20. The van der Waals surface area contributed by atoms with Gasteiger partial charge in [-0.3, -0.25) is 10.1 Å². The monoisotopic (exact) mass is 237 g/mol. The van der Waals surface area contributed by atoms with Crippen molar-refractivity contribution in [2.24, 2.45) is 0 Å². The first-order valence-corrected chi connectivity index (χ1v) is 3.61. The minimum absolute atomic E-state index is 0.0774. The summed E-state index contributed by atoms with van der Waals surface area (Å²) < 4.78 is 25.0. The van der Waals surface area contributed by atoms with Gasteiger partial charge in [0.1, 0.15) is 0 Å². The van der Waals surface area contributed by atoms with Crippen LogP contribution in [0.3, 0.4) is 0 Å². The summed E-state index contributed by atoms with van der Waals surface area (Å²) in [6, 6.07) is 1.89. The summed E-state index contributed by atoms with van der Waals surface area (Å²) in [6.07, 6.45) is 0. The van der Waals surface area contributed by atoms with E-state index in [0.717, 1.165) is 12.1 Å². The highest BCUT2D eigenvalue weighted by Gasteiger charge is 2.21. The van der Waals surface area contributed by atoms with Gasteiger partial charge in [0.05, 0.1) is 9.40 Å². The Morgan fingerprint density at radius 3 is 2.42 bits per heavy atom. The molecule has 1 aromatic carbocycles. The maximum absolute atomic E-state index is 12.7. The van der Waals surface area contributed by atoms with Gasteiger partial charge in [-0.25, -0.2) is 4.39 Å². The lowest BCUT2D eigenvalue weighted by molar-refractivity contribution is -0.388. The minimum Gasteiger partial charge on any atom is -0.258 e. The quantitative estimate of drug-likeness (QED) is 0.428. The van der Waals surface area contributed by atoms with Crippen LogP contribution in [0.4, 0.5) is 14.5 Å². The number of benzene rings is 1. The Bertz CT molecular complexity index is 343. The van der Waals surface area contributed by atoms with E-state index in [9.17, 15) is 18.9 Å². The second-order valence-corrected chi connectivity index (χ2v) is 2.80. The van der Waals surface area contributed by atoms with Crippen molar-refractivity contribution in [1.82, 2.24) is 0 Å². The van der Waals surface area contributed by atoms with Gasteiger partial charge in [-0.2, -0.15) is 4.39 Å². The maximum atomic E-state index is 12.7. The first kappa shape index (κ1) is 9.05. The summed E-state index contributed by atoms with van der Waals surface area (Å²) in [5.74, 6) is -2.68. The van der Waals surface area contributed by atoms with Crippen molar-refractivity contribution in [1.29, 1.82) is 0 Å². The van der Waals surface area contributed by atoms with Crippen LogP contribution >= 0.6 is 15.9 Å². The largest absolute Gasteiger partial charge is 0.321 e. The Morgan fingerprint density at radius 1 is 1.42 bits per heavy atom. The third-order valence-corrected chi connectivity index (χ3v) is 1.84. The van der Waals surface area contributed by atoms with Crippen LogP contribution in [-0.2, 0) is 0 Å². The van der Waals surface area contributed by atoms with E-state index < -0.39 is 22.2 Å². The van der Waals surface area contributed by atoms with Crippen molar-refractivity contribution in [2.45, 2.75) is 0 Å². The molecule has 0 amide bonds. The van der Waals surface area contributed by atoms with Gasteiger partial charge in [0, 0.05) is 0 Å². The summed E-state index contributed by atoms with van der Waals surface area (Å²) in [5.41, 5.74) is -0.880. The van der Waals surface area contributed by atoms with E-state index in [0.29, 0.717) is 0 Å². The Kier molecular flexibility index (Phi) is 2.37. The number of nitrogens with zero attached hydrogens (tertiary/aromatic N) is 1. The molecule has 0 bridgehead atoms. The molecule has 0 aromatic heterocycles. The zero-order valence-corrected chi connectivity index (χ0v) is 7.14. The van der Waals surface area contributed by atoms with E-state index in [1.165, 1.54) is 0 Å². The topological polar surface area (TPSA) is 43.1 Å². The molecular weight excluding hydrogens is 236 g/mol. The fourth-order valence-corrected chi connectivity index (χ4v) is 1.13. The van der Waals surface area contributed by atoms with Gasteiger partial charge in [-0.05, 0) is 28.1 Å². The number of hydrogen-bond donors (Lipinski definition) is 0.